The lowest BCUT2D eigenvalue weighted by atomic mass is 9.79. The fourth-order valence-electron chi connectivity index (χ4n) is 9.05. The highest BCUT2D eigenvalue weighted by Gasteiger charge is 2.37. The van der Waals surface area contributed by atoms with Crippen LogP contribution in [0.5, 0.6) is 0 Å². The van der Waals surface area contributed by atoms with Gasteiger partial charge in [0.25, 0.3) is 0 Å². The highest BCUT2D eigenvalue weighted by atomic mass is 15.1. The van der Waals surface area contributed by atoms with Gasteiger partial charge >= 0.3 is 0 Å². The molecule has 0 spiro atoms. The second kappa shape index (κ2) is 15.4. The molecular weight excluding hydrogens is 747 g/mol. The molecule has 0 atom stereocenters. The van der Waals surface area contributed by atoms with Gasteiger partial charge in [-0.15, -0.1) is 0 Å². The van der Waals surface area contributed by atoms with Gasteiger partial charge in [-0.05, 0) is 137 Å². The minimum absolute atomic E-state index is 0.104. The Labute approximate surface area is 376 Å². The zero-order valence-electron chi connectivity index (χ0n) is 42.3. The highest BCUT2D eigenvalue weighted by Crippen LogP contribution is 2.52. The van der Waals surface area contributed by atoms with Crippen molar-refractivity contribution in [3.63, 3.8) is 0 Å². The van der Waals surface area contributed by atoms with Gasteiger partial charge in [-0.25, -0.2) is 0 Å². The second-order valence-electron chi connectivity index (χ2n) is 16.3. The third-order valence-corrected chi connectivity index (χ3v) is 12.2. The van der Waals surface area contributed by atoms with Crippen LogP contribution < -0.4 is 4.90 Å². The number of nitrogens with zero attached hydrogens (tertiary/aromatic N) is 1. The van der Waals surface area contributed by atoms with Crippen molar-refractivity contribution in [3.8, 4) is 66.8 Å². The summed E-state index contributed by atoms with van der Waals surface area (Å²) in [6.45, 7) is 4.22. The molecule has 0 saturated heterocycles. The van der Waals surface area contributed by atoms with E-state index in [0.29, 0.717) is 16.8 Å². The van der Waals surface area contributed by atoms with E-state index in [-0.39, 0.29) is 58.8 Å². The number of hydrogen-bond donors (Lipinski definition) is 0. The molecule has 10 aromatic rings. The van der Waals surface area contributed by atoms with E-state index in [1.165, 1.54) is 4.90 Å². The molecule has 0 unspecified atom stereocenters. The predicted octanol–water partition coefficient (Wildman–Crippen LogP) is 17.0. The quantitative estimate of drug-likeness (QED) is 0.148. The standard InChI is InChI=1S/C61H45N/c1-61(2)59-21-9-8-18-57(59)58-20-11-19-56(60(58)61)48-32-38-55(39-33-48)62(53-34-28-46(29-35-53)45-24-22-44(23-25-45)42-12-4-3-5-13-42)54-36-30-47(31-37-54)50-16-10-17-51(40-50)52-27-26-43-14-6-7-15-49(43)41-52/h3-41H,1-2H3/i30D,31D,32D,33D,36D,37D,38D,39D. The molecule has 0 fully saturated rings. The minimum atomic E-state index is -0.508. The fraction of sp³-hybridized carbons (Fsp3) is 0.0492. The van der Waals surface area contributed by atoms with Crippen molar-refractivity contribution in [3.05, 3.63) is 248 Å². The van der Waals surface area contributed by atoms with Crippen LogP contribution >= 0.6 is 0 Å². The summed E-state index contributed by atoms with van der Waals surface area (Å²) in [4.78, 5) is 1.37. The summed E-state index contributed by atoms with van der Waals surface area (Å²) in [7, 11) is 0. The zero-order valence-corrected chi connectivity index (χ0v) is 34.3. The smallest absolute Gasteiger partial charge is 0.0645 e. The summed E-state index contributed by atoms with van der Waals surface area (Å²) in [6.07, 6.45) is 0. The molecule has 10 aromatic carbocycles. The molecular formula is C61H45N. The molecule has 0 amide bonds. The molecule has 294 valence electrons. The lowest BCUT2D eigenvalue weighted by molar-refractivity contribution is 0.662. The number of hydrogen-bond acceptors (Lipinski definition) is 1. The molecule has 0 aromatic heterocycles. The summed E-state index contributed by atoms with van der Waals surface area (Å²) < 4.78 is 77.4. The van der Waals surface area contributed by atoms with Gasteiger partial charge in [0.15, 0.2) is 0 Å². The topological polar surface area (TPSA) is 3.24 Å². The Balaban J connectivity index is 1.08. The van der Waals surface area contributed by atoms with Crippen molar-refractivity contribution in [1.82, 2.24) is 0 Å². The first-order chi connectivity index (χ1) is 33.8. The van der Waals surface area contributed by atoms with Crippen molar-refractivity contribution >= 4 is 27.8 Å². The van der Waals surface area contributed by atoms with E-state index in [2.05, 4.69) is 68.4 Å². The first-order valence-electron chi connectivity index (χ1n) is 24.9. The Bertz CT molecular complexity index is 3660. The third-order valence-electron chi connectivity index (χ3n) is 12.2. The van der Waals surface area contributed by atoms with Gasteiger partial charge in [0, 0.05) is 22.5 Å². The van der Waals surface area contributed by atoms with Gasteiger partial charge in [-0.2, -0.15) is 0 Å². The molecule has 1 heteroatoms. The van der Waals surface area contributed by atoms with Crippen LogP contribution in [0.3, 0.4) is 0 Å². The van der Waals surface area contributed by atoms with Crippen molar-refractivity contribution in [2.24, 2.45) is 0 Å². The van der Waals surface area contributed by atoms with Gasteiger partial charge in [0.2, 0.25) is 0 Å². The number of fused-ring (bicyclic) bond motifs is 4. The second-order valence-corrected chi connectivity index (χ2v) is 16.3. The Hall–Kier alpha value is -7.74. The molecule has 0 radical (unpaired) electrons. The highest BCUT2D eigenvalue weighted by molar-refractivity contribution is 5.90. The summed E-state index contributed by atoms with van der Waals surface area (Å²) in [5.41, 5.74) is 10.6. The Morgan fingerprint density at radius 2 is 0.790 bits per heavy atom. The largest absolute Gasteiger partial charge is 0.311 e. The van der Waals surface area contributed by atoms with E-state index in [1.54, 1.807) is 18.2 Å². The monoisotopic (exact) mass is 799 g/mol. The van der Waals surface area contributed by atoms with Crippen LogP contribution in [0.15, 0.2) is 236 Å². The maximum absolute atomic E-state index is 9.78. The summed E-state index contributed by atoms with van der Waals surface area (Å²) >= 11 is 0. The lowest BCUT2D eigenvalue weighted by Gasteiger charge is -2.27. The Morgan fingerprint density at radius 1 is 0.323 bits per heavy atom. The Kier molecular flexibility index (Phi) is 7.31. The van der Waals surface area contributed by atoms with E-state index in [4.69, 9.17) is 0 Å². The lowest BCUT2D eigenvalue weighted by Crippen LogP contribution is -2.16. The van der Waals surface area contributed by atoms with Crippen LogP contribution in [0.25, 0.3) is 77.5 Å². The maximum atomic E-state index is 9.78. The summed E-state index contributed by atoms with van der Waals surface area (Å²) in [5, 5.41) is 2.17. The zero-order chi connectivity index (χ0) is 48.6. The third kappa shape index (κ3) is 6.69. The Morgan fingerprint density at radius 3 is 1.48 bits per heavy atom. The van der Waals surface area contributed by atoms with Crippen molar-refractivity contribution in [2.75, 3.05) is 4.90 Å². The van der Waals surface area contributed by atoms with Crippen molar-refractivity contribution in [2.45, 2.75) is 19.3 Å². The van der Waals surface area contributed by atoms with E-state index in [0.717, 1.165) is 66.4 Å². The first-order valence-corrected chi connectivity index (χ1v) is 20.9. The van der Waals surface area contributed by atoms with Crippen molar-refractivity contribution < 1.29 is 11.0 Å². The molecule has 62 heavy (non-hydrogen) atoms. The number of benzene rings is 10. The van der Waals surface area contributed by atoms with E-state index < -0.39 is 17.5 Å². The molecule has 11 rings (SSSR count). The van der Waals surface area contributed by atoms with E-state index >= 15 is 0 Å². The van der Waals surface area contributed by atoms with E-state index in [1.807, 2.05) is 115 Å². The molecule has 0 saturated carbocycles. The minimum Gasteiger partial charge on any atom is -0.311 e. The van der Waals surface area contributed by atoms with Crippen molar-refractivity contribution in [1.29, 1.82) is 0 Å². The average Bonchev–Trinajstić information content (AvgIpc) is 3.63. The molecule has 0 N–H and O–H groups in total. The molecule has 1 nitrogen and oxygen atoms in total. The molecule has 1 aliphatic rings. The van der Waals surface area contributed by atoms with Crippen LogP contribution in [-0.2, 0) is 5.41 Å². The normalized spacial score (nSPS) is 14.3. The molecule has 0 bridgehead atoms. The van der Waals surface area contributed by atoms with Crippen LogP contribution in [0.2, 0.25) is 0 Å². The van der Waals surface area contributed by atoms with Gasteiger partial charge in [-0.1, -0.05) is 202 Å². The average molecular weight is 800 g/mol. The van der Waals surface area contributed by atoms with Gasteiger partial charge in [0.1, 0.15) is 0 Å². The van der Waals surface area contributed by atoms with Crippen LogP contribution in [0, 0.1) is 0 Å². The van der Waals surface area contributed by atoms with Crippen LogP contribution in [0.4, 0.5) is 17.1 Å². The van der Waals surface area contributed by atoms with Gasteiger partial charge in [0.05, 0.1) is 11.0 Å². The fourth-order valence-corrected chi connectivity index (χ4v) is 9.05. The van der Waals surface area contributed by atoms with Crippen LogP contribution in [0.1, 0.15) is 35.9 Å². The summed E-state index contributed by atoms with van der Waals surface area (Å²) in [5.74, 6) is 0. The van der Waals surface area contributed by atoms with Crippen LogP contribution in [-0.4, -0.2) is 0 Å². The predicted molar refractivity (Wildman–Crippen MR) is 263 cm³/mol. The maximum Gasteiger partial charge on any atom is 0.0645 e. The number of anilines is 3. The van der Waals surface area contributed by atoms with E-state index in [9.17, 15) is 11.0 Å². The summed E-state index contributed by atoms with van der Waals surface area (Å²) in [6, 6.07) is 58.5. The molecule has 0 aliphatic heterocycles. The molecule has 0 heterocycles. The molecule has 1 aliphatic carbocycles. The first kappa shape index (κ1) is 29.5. The van der Waals surface area contributed by atoms with Gasteiger partial charge < -0.3 is 4.90 Å². The number of rotatable bonds is 8. The SMILES string of the molecule is [2H]c1c([2H])c(N(c2ccc(-c3ccc(-c4ccccc4)cc3)cc2)c2c([2H])c([2H])c(-c3cccc4c3C(C)(C)c3ccccc3-4)c([2H])c2[2H])c([2H])c([2H])c1-c1cccc(-c2ccc3ccccc3c2)c1. The van der Waals surface area contributed by atoms with Gasteiger partial charge in [-0.3, -0.25) is 0 Å².